The van der Waals surface area contributed by atoms with Gasteiger partial charge < -0.3 is 0 Å². The van der Waals surface area contributed by atoms with Crippen molar-refractivity contribution in [2.75, 3.05) is 0 Å². The topological polar surface area (TPSA) is 25.2 Å². The van der Waals surface area contributed by atoms with Crippen LogP contribution in [0.5, 0.6) is 0 Å². The van der Waals surface area contributed by atoms with Crippen molar-refractivity contribution in [1.29, 1.82) is 0 Å². The third-order valence-electron chi connectivity index (χ3n) is 5.78. The summed E-state index contributed by atoms with van der Waals surface area (Å²) in [5.41, 5.74) is 10.8. The molecule has 0 saturated heterocycles. The molecular weight excluding hydrogens is 424 g/mol. The maximum atomic E-state index is 4.94. The molecule has 1 aliphatic carbocycles. The summed E-state index contributed by atoms with van der Waals surface area (Å²) >= 11 is 0. The van der Waals surface area contributed by atoms with Gasteiger partial charge in [-0.15, -0.1) is 12.3 Å². The first kappa shape index (κ1) is 27.5. The SMILES string of the molecule is C#CC.CC.CC=Nc1c(Cc2c(C)cccc2C)ccc2c(C3=CC=CC=CC3)cc(C)nc12. The maximum absolute atomic E-state index is 4.94. The summed E-state index contributed by atoms with van der Waals surface area (Å²) < 4.78 is 0. The Kier molecular flexibility index (Phi) is 10.9. The van der Waals surface area contributed by atoms with E-state index in [4.69, 9.17) is 9.98 Å². The summed E-state index contributed by atoms with van der Waals surface area (Å²) in [5.74, 6) is 2.25. The van der Waals surface area contributed by atoms with Crippen molar-refractivity contribution in [3.05, 3.63) is 100 Å². The van der Waals surface area contributed by atoms with E-state index in [0.717, 1.165) is 29.7 Å². The van der Waals surface area contributed by atoms with E-state index in [9.17, 15) is 0 Å². The van der Waals surface area contributed by atoms with Crippen molar-refractivity contribution >= 4 is 28.4 Å². The molecule has 180 valence electrons. The van der Waals surface area contributed by atoms with Gasteiger partial charge in [0.2, 0.25) is 0 Å². The fraction of sp³-hybridized carbons (Fsp3) is 0.273. The highest BCUT2D eigenvalue weighted by molar-refractivity contribution is 5.99. The third-order valence-corrected chi connectivity index (χ3v) is 5.78. The van der Waals surface area contributed by atoms with Crippen LogP contribution in [0.3, 0.4) is 0 Å². The van der Waals surface area contributed by atoms with Crippen molar-refractivity contribution in [2.24, 2.45) is 4.99 Å². The summed E-state index contributed by atoms with van der Waals surface area (Å²) in [6.07, 6.45) is 19.0. The predicted molar refractivity (Wildman–Crippen MR) is 156 cm³/mol. The van der Waals surface area contributed by atoms with Crippen LogP contribution in [-0.2, 0) is 6.42 Å². The Morgan fingerprint density at radius 2 is 1.71 bits per heavy atom. The second-order valence-corrected chi connectivity index (χ2v) is 8.21. The molecule has 2 heteroatoms. The Bertz CT molecular complexity index is 1290. The lowest BCUT2D eigenvalue weighted by Gasteiger charge is -2.16. The number of aryl methyl sites for hydroxylation is 3. The average molecular weight is 463 g/mol. The van der Waals surface area contributed by atoms with Gasteiger partial charge in [-0.1, -0.05) is 74.6 Å². The van der Waals surface area contributed by atoms with Gasteiger partial charge in [0.1, 0.15) is 0 Å². The van der Waals surface area contributed by atoms with Crippen LogP contribution in [0.2, 0.25) is 0 Å². The van der Waals surface area contributed by atoms with E-state index < -0.39 is 0 Å². The smallest absolute Gasteiger partial charge is 0.0970 e. The molecule has 0 aliphatic heterocycles. The first-order valence-corrected chi connectivity index (χ1v) is 12.4. The lowest BCUT2D eigenvalue weighted by Crippen LogP contribution is -1.99. The Hall–Kier alpha value is -3.70. The van der Waals surface area contributed by atoms with Gasteiger partial charge in [0.25, 0.3) is 0 Å². The van der Waals surface area contributed by atoms with Crippen molar-refractivity contribution in [1.82, 2.24) is 4.98 Å². The van der Waals surface area contributed by atoms with Crippen LogP contribution in [0, 0.1) is 33.1 Å². The van der Waals surface area contributed by atoms with E-state index in [1.165, 1.54) is 38.8 Å². The zero-order valence-corrected chi connectivity index (χ0v) is 22.3. The van der Waals surface area contributed by atoms with Crippen LogP contribution in [-0.4, -0.2) is 11.2 Å². The molecule has 0 unspecified atom stereocenters. The quantitative estimate of drug-likeness (QED) is 0.280. The third kappa shape index (κ3) is 6.90. The number of fused-ring (bicyclic) bond motifs is 1. The largest absolute Gasteiger partial charge is 0.259 e. The second-order valence-electron chi connectivity index (χ2n) is 8.21. The van der Waals surface area contributed by atoms with Gasteiger partial charge in [-0.05, 0) is 80.5 Å². The van der Waals surface area contributed by atoms with Crippen LogP contribution in [0.15, 0.2) is 71.8 Å². The number of hydrogen-bond donors (Lipinski definition) is 0. The molecule has 1 heterocycles. The molecule has 1 aliphatic rings. The number of aliphatic imine (C=N–C) groups is 1. The molecular formula is C33H38N2. The summed E-state index contributed by atoms with van der Waals surface area (Å²) in [4.78, 5) is 9.74. The number of aromatic nitrogens is 1. The number of pyridine rings is 1. The predicted octanol–water partition coefficient (Wildman–Crippen LogP) is 9.04. The first-order valence-electron chi connectivity index (χ1n) is 12.4. The molecule has 2 aromatic carbocycles. The zero-order chi connectivity index (χ0) is 25.8. The summed E-state index contributed by atoms with van der Waals surface area (Å²) in [5, 5.41) is 1.17. The molecule has 0 fully saturated rings. The normalized spacial score (nSPS) is 12.2. The molecule has 0 saturated carbocycles. The van der Waals surface area contributed by atoms with E-state index in [1.807, 2.05) is 27.0 Å². The number of benzene rings is 2. The van der Waals surface area contributed by atoms with E-state index in [-0.39, 0.29) is 0 Å². The lowest BCUT2D eigenvalue weighted by molar-refractivity contribution is 1.12. The summed E-state index contributed by atoms with van der Waals surface area (Å²) in [7, 11) is 0. The van der Waals surface area contributed by atoms with Gasteiger partial charge >= 0.3 is 0 Å². The molecule has 2 nitrogen and oxygen atoms in total. The van der Waals surface area contributed by atoms with E-state index >= 15 is 0 Å². The Labute approximate surface area is 212 Å². The van der Waals surface area contributed by atoms with Crippen molar-refractivity contribution in [2.45, 2.75) is 61.3 Å². The van der Waals surface area contributed by atoms with Crippen LogP contribution in [0.25, 0.3) is 16.5 Å². The number of allylic oxidation sites excluding steroid dienone is 6. The van der Waals surface area contributed by atoms with Gasteiger partial charge in [-0.3, -0.25) is 9.98 Å². The van der Waals surface area contributed by atoms with E-state index in [1.54, 1.807) is 6.92 Å². The fourth-order valence-corrected chi connectivity index (χ4v) is 4.22. The molecule has 1 aromatic heterocycles. The lowest BCUT2D eigenvalue weighted by atomic mass is 9.92. The second kappa shape index (κ2) is 13.9. The van der Waals surface area contributed by atoms with Crippen molar-refractivity contribution in [3.63, 3.8) is 0 Å². The van der Waals surface area contributed by atoms with E-state index in [0.29, 0.717) is 0 Å². The van der Waals surface area contributed by atoms with Crippen LogP contribution in [0.1, 0.15) is 67.6 Å². The minimum absolute atomic E-state index is 0.861. The molecule has 0 spiro atoms. The van der Waals surface area contributed by atoms with Crippen LogP contribution >= 0.6 is 0 Å². The van der Waals surface area contributed by atoms with Crippen molar-refractivity contribution < 1.29 is 0 Å². The fourth-order valence-electron chi connectivity index (χ4n) is 4.22. The van der Waals surface area contributed by atoms with Gasteiger partial charge in [0, 0.05) is 23.7 Å². The number of hydrogen-bond acceptors (Lipinski definition) is 2. The van der Waals surface area contributed by atoms with Crippen LogP contribution < -0.4 is 0 Å². The molecule has 0 bridgehead atoms. The Balaban J connectivity index is 0.000000803. The molecule has 0 amide bonds. The molecule has 0 radical (unpaired) electrons. The molecule has 0 atom stereocenters. The highest BCUT2D eigenvalue weighted by Crippen LogP contribution is 2.36. The molecule has 35 heavy (non-hydrogen) atoms. The molecule has 4 rings (SSSR count). The van der Waals surface area contributed by atoms with Gasteiger partial charge in [0.15, 0.2) is 0 Å². The van der Waals surface area contributed by atoms with Crippen molar-refractivity contribution in [3.8, 4) is 12.3 Å². The standard InChI is InChI=1S/C28H28N2.C3H4.C2H6/c1-5-29-27-23(18-25-19(2)11-10-12-20(25)3)15-16-24-26(17-21(4)30-28(24)27)22-13-8-6-7-9-14-22;1-3-2;1-2/h5-13,15-17H,14,18H2,1-4H3;1H,2H3;1-2H3. The maximum Gasteiger partial charge on any atom is 0.0970 e. The minimum Gasteiger partial charge on any atom is -0.259 e. The number of nitrogens with zero attached hydrogens (tertiary/aromatic N) is 2. The monoisotopic (exact) mass is 462 g/mol. The summed E-state index contributed by atoms with van der Waals surface area (Å²) in [6.45, 7) is 14.1. The molecule has 0 N–H and O–H groups in total. The number of rotatable bonds is 4. The Morgan fingerprint density at radius 3 is 2.37 bits per heavy atom. The number of terminal acetylenes is 1. The zero-order valence-electron chi connectivity index (χ0n) is 22.3. The highest BCUT2D eigenvalue weighted by Gasteiger charge is 2.15. The molecule has 3 aromatic rings. The first-order chi connectivity index (χ1) is 17.0. The van der Waals surface area contributed by atoms with Gasteiger partial charge in [-0.25, -0.2) is 0 Å². The average Bonchev–Trinajstić information content (AvgIpc) is 3.14. The van der Waals surface area contributed by atoms with Crippen LogP contribution in [0.4, 0.5) is 5.69 Å². The highest BCUT2D eigenvalue weighted by atomic mass is 14.8. The minimum atomic E-state index is 0.861. The summed E-state index contributed by atoms with van der Waals surface area (Å²) in [6, 6.07) is 13.2. The Morgan fingerprint density at radius 1 is 1.03 bits per heavy atom. The van der Waals surface area contributed by atoms with Gasteiger partial charge in [-0.2, -0.15) is 0 Å². The van der Waals surface area contributed by atoms with E-state index in [2.05, 4.69) is 99.9 Å². The van der Waals surface area contributed by atoms with Gasteiger partial charge in [0.05, 0.1) is 11.2 Å².